The number of allylic oxidation sites excluding steroid dienone is 1. The van der Waals surface area contributed by atoms with Crippen LogP contribution in [0, 0.1) is 0 Å². The van der Waals surface area contributed by atoms with Gasteiger partial charge in [-0.05, 0) is 44.5 Å². The van der Waals surface area contributed by atoms with E-state index in [2.05, 4.69) is 0 Å². The van der Waals surface area contributed by atoms with Crippen LogP contribution in [0.25, 0.3) is 6.08 Å². The Morgan fingerprint density at radius 3 is 2.52 bits per heavy atom. The minimum absolute atomic E-state index is 0.0432. The summed E-state index contributed by atoms with van der Waals surface area (Å²) in [6.07, 6.45) is 1.70. The molecule has 1 aromatic rings. The van der Waals surface area contributed by atoms with Crippen molar-refractivity contribution in [3.8, 4) is 5.75 Å². The zero-order valence-electron chi connectivity index (χ0n) is 14.0. The molecule has 0 N–H and O–H groups in total. The maximum Gasteiger partial charge on any atom is 0.340 e. The van der Waals surface area contributed by atoms with Crippen molar-refractivity contribution in [2.75, 3.05) is 14.2 Å². The third-order valence-electron chi connectivity index (χ3n) is 3.75. The third-order valence-corrected chi connectivity index (χ3v) is 3.75. The molecule has 0 unspecified atom stereocenters. The van der Waals surface area contributed by atoms with E-state index in [1.54, 1.807) is 25.0 Å². The molecule has 0 spiro atoms. The fraction of sp³-hybridized carbons (Fsp3) is 0.333. The maximum absolute atomic E-state index is 12.7. The Kier molecular flexibility index (Phi) is 4.89. The number of rotatable bonds is 4. The number of hydrogen-bond acceptors (Lipinski definition) is 4. The van der Waals surface area contributed by atoms with Crippen LogP contribution in [-0.4, -0.2) is 37.0 Å². The minimum Gasteiger partial charge on any atom is -0.497 e. The number of ether oxygens (including phenoxy) is 2. The molecule has 2 rings (SSSR count). The Morgan fingerprint density at radius 1 is 1.26 bits per heavy atom. The first-order valence-electron chi connectivity index (χ1n) is 7.39. The van der Waals surface area contributed by atoms with Crippen molar-refractivity contribution < 1.29 is 19.1 Å². The van der Waals surface area contributed by atoms with E-state index in [0.29, 0.717) is 22.6 Å². The summed E-state index contributed by atoms with van der Waals surface area (Å²) in [5.41, 5.74) is 2.06. The van der Waals surface area contributed by atoms with Gasteiger partial charge in [-0.15, -0.1) is 0 Å². The van der Waals surface area contributed by atoms with E-state index in [0.717, 1.165) is 5.56 Å². The van der Waals surface area contributed by atoms with E-state index in [1.807, 2.05) is 38.1 Å². The molecule has 0 radical (unpaired) electrons. The number of methoxy groups -OCH3 is 2. The van der Waals surface area contributed by atoms with Gasteiger partial charge in [0.2, 0.25) is 0 Å². The normalized spacial score (nSPS) is 16.5. The van der Waals surface area contributed by atoms with E-state index in [9.17, 15) is 9.59 Å². The van der Waals surface area contributed by atoms with Crippen molar-refractivity contribution in [3.05, 3.63) is 46.7 Å². The molecular weight excluding hydrogens is 294 g/mol. The number of nitrogens with zero attached hydrogens (tertiary/aromatic N) is 1. The Labute approximate surface area is 136 Å². The van der Waals surface area contributed by atoms with Gasteiger partial charge < -0.3 is 14.4 Å². The molecule has 5 heteroatoms. The van der Waals surface area contributed by atoms with Gasteiger partial charge in [-0.25, -0.2) is 4.79 Å². The van der Waals surface area contributed by atoms with E-state index in [4.69, 9.17) is 9.47 Å². The van der Waals surface area contributed by atoms with E-state index < -0.39 is 5.97 Å². The van der Waals surface area contributed by atoms with Crippen LogP contribution in [0.1, 0.15) is 26.3 Å². The van der Waals surface area contributed by atoms with Gasteiger partial charge in [0.05, 0.1) is 25.4 Å². The van der Waals surface area contributed by atoms with Crippen LogP contribution in [-0.2, 0) is 14.3 Å². The minimum atomic E-state index is -0.506. The van der Waals surface area contributed by atoms with E-state index >= 15 is 0 Å². The molecular formula is C18H21NO4. The Morgan fingerprint density at radius 2 is 1.96 bits per heavy atom. The zero-order chi connectivity index (χ0) is 17.1. The number of carbonyl (C=O) groups excluding carboxylic acids is 2. The third kappa shape index (κ3) is 3.13. The van der Waals surface area contributed by atoms with Crippen molar-refractivity contribution in [2.24, 2.45) is 0 Å². The molecule has 0 fully saturated rings. The molecule has 1 aromatic carbocycles. The van der Waals surface area contributed by atoms with Gasteiger partial charge in [-0.2, -0.15) is 0 Å². The molecule has 1 aliphatic heterocycles. The lowest BCUT2D eigenvalue weighted by atomic mass is 10.0. The van der Waals surface area contributed by atoms with Crippen molar-refractivity contribution in [1.29, 1.82) is 0 Å². The highest BCUT2D eigenvalue weighted by atomic mass is 16.5. The van der Waals surface area contributed by atoms with Gasteiger partial charge in [0.25, 0.3) is 5.91 Å². The van der Waals surface area contributed by atoms with E-state index in [1.165, 1.54) is 7.11 Å². The molecule has 23 heavy (non-hydrogen) atoms. The number of amides is 1. The fourth-order valence-corrected chi connectivity index (χ4v) is 2.72. The van der Waals surface area contributed by atoms with Crippen LogP contribution in [0.4, 0.5) is 0 Å². The summed E-state index contributed by atoms with van der Waals surface area (Å²) in [6, 6.07) is 7.27. The summed E-state index contributed by atoms with van der Waals surface area (Å²) in [7, 11) is 2.89. The van der Waals surface area contributed by atoms with Gasteiger partial charge in [0.1, 0.15) is 5.75 Å². The van der Waals surface area contributed by atoms with Gasteiger partial charge in [0, 0.05) is 11.7 Å². The number of hydrogen-bond donors (Lipinski definition) is 0. The molecule has 122 valence electrons. The van der Waals surface area contributed by atoms with Gasteiger partial charge in [-0.1, -0.05) is 12.1 Å². The summed E-state index contributed by atoms with van der Waals surface area (Å²) in [5.74, 6) is -0.0142. The van der Waals surface area contributed by atoms with Gasteiger partial charge in [0.15, 0.2) is 0 Å². The largest absolute Gasteiger partial charge is 0.497 e. The van der Waals surface area contributed by atoms with Crippen molar-refractivity contribution in [3.63, 3.8) is 0 Å². The van der Waals surface area contributed by atoms with Crippen molar-refractivity contribution >= 4 is 18.0 Å². The Hall–Kier alpha value is -2.56. The Bertz CT molecular complexity index is 701. The highest BCUT2D eigenvalue weighted by molar-refractivity contribution is 6.16. The second-order valence-corrected chi connectivity index (χ2v) is 5.56. The predicted octanol–water partition coefficient (Wildman–Crippen LogP) is 2.78. The molecule has 0 aromatic heterocycles. The maximum atomic E-state index is 12.7. The molecule has 1 amide bonds. The lowest BCUT2D eigenvalue weighted by Gasteiger charge is -2.22. The van der Waals surface area contributed by atoms with Crippen LogP contribution < -0.4 is 4.74 Å². The zero-order valence-corrected chi connectivity index (χ0v) is 14.0. The summed E-state index contributed by atoms with van der Waals surface area (Å²) in [6.45, 7) is 5.58. The molecule has 0 saturated carbocycles. The molecule has 1 heterocycles. The van der Waals surface area contributed by atoms with Crippen molar-refractivity contribution in [1.82, 2.24) is 4.90 Å². The first kappa shape index (κ1) is 16.8. The van der Waals surface area contributed by atoms with Crippen LogP contribution in [0.2, 0.25) is 0 Å². The SMILES string of the molecule is COC(=O)C1=C(C)N(C(C)C)C(=O)/C1=C\c1cccc(OC)c1. The second-order valence-electron chi connectivity index (χ2n) is 5.56. The summed E-state index contributed by atoms with van der Waals surface area (Å²) >= 11 is 0. The average Bonchev–Trinajstić information content (AvgIpc) is 2.77. The Balaban J connectivity index is 2.56. The molecule has 0 aliphatic carbocycles. The van der Waals surface area contributed by atoms with Crippen molar-refractivity contribution in [2.45, 2.75) is 26.8 Å². The predicted molar refractivity (Wildman–Crippen MR) is 87.7 cm³/mol. The highest BCUT2D eigenvalue weighted by Crippen LogP contribution is 2.33. The average molecular weight is 315 g/mol. The summed E-state index contributed by atoms with van der Waals surface area (Å²) < 4.78 is 10.0. The molecule has 0 saturated heterocycles. The standard InChI is InChI=1S/C18H21NO4/c1-11(2)19-12(3)16(18(21)23-5)15(17(19)20)10-13-7-6-8-14(9-13)22-4/h6-11H,1-5H3/b15-10-. The lowest BCUT2D eigenvalue weighted by Crippen LogP contribution is -2.31. The highest BCUT2D eigenvalue weighted by Gasteiger charge is 2.38. The second kappa shape index (κ2) is 6.69. The quantitative estimate of drug-likeness (QED) is 0.633. The van der Waals surface area contributed by atoms with Crippen LogP contribution in [0.5, 0.6) is 5.75 Å². The molecule has 0 atom stereocenters. The molecule has 1 aliphatic rings. The monoisotopic (exact) mass is 315 g/mol. The van der Waals surface area contributed by atoms with Gasteiger partial charge >= 0.3 is 5.97 Å². The summed E-state index contributed by atoms with van der Waals surface area (Å²) in [5, 5.41) is 0. The van der Waals surface area contributed by atoms with Crippen LogP contribution >= 0.6 is 0 Å². The summed E-state index contributed by atoms with van der Waals surface area (Å²) in [4.78, 5) is 26.5. The van der Waals surface area contributed by atoms with Crippen LogP contribution in [0.3, 0.4) is 0 Å². The number of esters is 1. The smallest absolute Gasteiger partial charge is 0.340 e. The molecule has 0 bridgehead atoms. The molecule has 5 nitrogen and oxygen atoms in total. The van der Waals surface area contributed by atoms with Crippen LogP contribution in [0.15, 0.2) is 41.1 Å². The lowest BCUT2D eigenvalue weighted by molar-refractivity contribution is -0.136. The first-order chi connectivity index (χ1) is 10.9. The topological polar surface area (TPSA) is 55.8 Å². The number of carbonyl (C=O) groups is 2. The van der Waals surface area contributed by atoms with E-state index in [-0.39, 0.29) is 11.9 Å². The van der Waals surface area contributed by atoms with Gasteiger partial charge in [-0.3, -0.25) is 4.79 Å². The number of benzene rings is 1. The fourth-order valence-electron chi connectivity index (χ4n) is 2.72. The first-order valence-corrected chi connectivity index (χ1v) is 7.39.